The van der Waals surface area contributed by atoms with Crippen LogP contribution in [0.4, 0.5) is 4.39 Å². The van der Waals surface area contributed by atoms with E-state index in [4.69, 9.17) is 16.9 Å². The quantitative estimate of drug-likeness (QED) is 0.845. The molecule has 1 aromatic rings. The first-order valence-electron chi connectivity index (χ1n) is 4.68. The Morgan fingerprint density at radius 2 is 2.18 bits per heavy atom. The number of halogens is 2. The van der Waals surface area contributed by atoms with Crippen LogP contribution in [0.25, 0.3) is 0 Å². The Morgan fingerprint density at radius 3 is 2.71 bits per heavy atom. The highest BCUT2D eigenvalue weighted by molar-refractivity contribution is 7.89. The Morgan fingerprint density at radius 1 is 1.53 bits per heavy atom. The fraction of sp³-hybridized carbons (Fsp3) is 0.300. The van der Waals surface area contributed by atoms with Crippen LogP contribution in [0.5, 0.6) is 0 Å². The van der Waals surface area contributed by atoms with Crippen molar-refractivity contribution < 1.29 is 12.8 Å². The van der Waals surface area contributed by atoms with Crippen molar-refractivity contribution in [3.05, 3.63) is 29.0 Å². The van der Waals surface area contributed by atoms with Crippen molar-refractivity contribution in [1.29, 1.82) is 5.26 Å². The van der Waals surface area contributed by atoms with Gasteiger partial charge in [0.2, 0.25) is 10.0 Å². The summed E-state index contributed by atoms with van der Waals surface area (Å²) in [5.74, 6) is -0.603. The summed E-state index contributed by atoms with van der Waals surface area (Å²) in [5.41, 5.74) is 0. The molecular weight excluding hydrogens is 267 g/mol. The third-order valence-electron chi connectivity index (χ3n) is 2.12. The van der Waals surface area contributed by atoms with Crippen LogP contribution in [0.2, 0.25) is 5.02 Å². The van der Waals surface area contributed by atoms with Crippen LogP contribution >= 0.6 is 11.6 Å². The summed E-state index contributed by atoms with van der Waals surface area (Å²) in [5, 5.41) is 8.22. The minimum absolute atomic E-state index is 0.0620. The lowest BCUT2D eigenvalue weighted by Crippen LogP contribution is -2.28. The highest BCUT2D eigenvalue weighted by atomic mass is 35.5. The van der Waals surface area contributed by atoms with E-state index in [9.17, 15) is 12.8 Å². The highest BCUT2D eigenvalue weighted by Crippen LogP contribution is 2.24. The number of rotatable bonds is 4. The standard InChI is InChI=1S/C10H10ClFN2O2S/c1-14(6-2-5-13)17(15,16)10-4-3-8(12)7-9(10)11/h3-4,7H,2,6H2,1H3. The lowest BCUT2D eigenvalue weighted by atomic mass is 10.3. The molecule has 0 amide bonds. The van der Waals surface area contributed by atoms with Gasteiger partial charge in [-0.25, -0.2) is 12.8 Å². The van der Waals surface area contributed by atoms with Gasteiger partial charge in [0.25, 0.3) is 0 Å². The number of benzene rings is 1. The van der Waals surface area contributed by atoms with Crippen LogP contribution < -0.4 is 0 Å². The minimum atomic E-state index is -3.78. The molecule has 0 spiro atoms. The number of nitriles is 1. The van der Waals surface area contributed by atoms with Gasteiger partial charge in [0, 0.05) is 20.0 Å². The molecule has 0 atom stereocenters. The van der Waals surface area contributed by atoms with E-state index in [-0.39, 0.29) is 22.9 Å². The Balaban J connectivity index is 3.09. The summed E-state index contributed by atoms with van der Waals surface area (Å²) in [6, 6.07) is 4.92. The molecule has 0 aliphatic rings. The maximum atomic E-state index is 12.8. The van der Waals surface area contributed by atoms with Crippen molar-refractivity contribution in [1.82, 2.24) is 4.31 Å². The van der Waals surface area contributed by atoms with Gasteiger partial charge in [0.1, 0.15) is 10.7 Å². The predicted octanol–water partition coefficient (Wildman–Crippen LogP) is 2.01. The van der Waals surface area contributed by atoms with Crippen LogP contribution in [0.1, 0.15) is 6.42 Å². The predicted molar refractivity (Wildman–Crippen MR) is 61.5 cm³/mol. The number of hydrogen-bond donors (Lipinski definition) is 0. The average Bonchev–Trinajstić information content (AvgIpc) is 2.25. The molecule has 92 valence electrons. The Hall–Kier alpha value is -1.16. The van der Waals surface area contributed by atoms with Crippen LogP contribution in [-0.2, 0) is 10.0 Å². The second-order valence-electron chi connectivity index (χ2n) is 3.31. The van der Waals surface area contributed by atoms with Crippen LogP contribution in [0.15, 0.2) is 23.1 Å². The summed E-state index contributed by atoms with van der Waals surface area (Å²) >= 11 is 5.68. The Kier molecular flexibility index (Phi) is 4.46. The second kappa shape index (κ2) is 5.45. The summed E-state index contributed by atoms with van der Waals surface area (Å²) in [7, 11) is -2.44. The van der Waals surface area contributed by atoms with Crippen molar-refractivity contribution in [2.24, 2.45) is 0 Å². The topological polar surface area (TPSA) is 61.2 Å². The summed E-state index contributed by atoms with van der Waals surface area (Å²) in [6.45, 7) is 0.0620. The molecule has 1 aromatic carbocycles. The zero-order valence-corrected chi connectivity index (χ0v) is 10.6. The van der Waals surface area contributed by atoms with Gasteiger partial charge in [-0.15, -0.1) is 0 Å². The molecule has 4 nitrogen and oxygen atoms in total. The molecule has 0 unspecified atom stereocenters. The first kappa shape index (κ1) is 13.9. The third kappa shape index (κ3) is 3.16. The molecule has 0 radical (unpaired) electrons. The lowest BCUT2D eigenvalue weighted by Gasteiger charge is -2.16. The first-order valence-corrected chi connectivity index (χ1v) is 6.49. The molecular formula is C10H10ClFN2O2S. The van der Waals surface area contributed by atoms with Gasteiger partial charge in [0.15, 0.2) is 0 Å². The van der Waals surface area contributed by atoms with E-state index in [1.807, 2.05) is 6.07 Å². The zero-order chi connectivity index (χ0) is 13.1. The summed E-state index contributed by atoms with van der Waals surface area (Å²) in [4.78, 5) is -0.166. The zero-order valence-electron chi connectivity index (χ0n) is 9.02. The molecule has 0 heterocycles. The smallest absolute Gasteiger partial charge is 0.207 e. The van der Waals surface area contributed by atoms with Gasteiger partial charge >= 0.3 is 0 Å². The highest BCUT2D eigenvalue weighted by Gasteiger charge is 2.23. The molecule has 7 heteroatoms. The van der Waals surface area contributed by atoms with E-state index in [0.717, 1.165) is 22.5 Å². The average molecular weight is 277 g/mol. The molecule has 0 aromatic heterocycles. The SMILES string of the molecule is CN(CCC#N)S(=O)(=O)c1ccc(F)cc1Cl. The van der Waals surface area contributed by atoms with Gasteiger partial charge < -0.3 is 0 Å². The molecule has 0 saturated carbocycles. The molecule has 0 fully saturated rings. The largest absolute Gasteiger partial charge is 0.244 e. The molecule has 0 bridgehead atoms. The van der Waals surface area contributed by atoms with Gasteiger partial charge in [-0.3, -0.25) is 0 Å². The fourth-order valence-corrected chi connectivity index (χ4v) is 2.85. The molecule has 17 heavy (non-hydrogen) atoms. The number of nitrogens with zero attached hydrogens (tertiary/aromatic N) is 2. The molecule has 0 aliphatic heterocycles. The number of hydrogen-bond acceptors (Lipinski definition) is 3. The van der Waals surface area contributed by atoms with Gasteiger partial charge in [-0.05, 0) is 18.2 Å². The monoisotopic (exact) mass is 276 g/mol. The normalized spacial score (nSPS) is 11.5. The van der Waals surface area contributed by atoms with E-state index < -0.39 is 15.8 Å². The van der Waals surface area contributed by atoms with E-state index >= 15 is 0 Å². The van der Waals surface area contributed by atoms with E-state index in [1.54, 1.807) is 0 Å². The molecule has 0 saturated heterocycles. The van der Waals surface area contributed by atoms with Crippen LogP contribution in [-0.4, -0.2) is 26.3 Å². The van der Waals surface area contributed by atoms with E-state index in [0.29, 0.717) is 0 Å². The summed E-state index contributed by atoms with van der Waals surface area (Å²) in [6.07, 6.45) is 0.0779. The van der Waals surface area contributed by atoms with E-state index in [1.165, 1.54) is 7.05 Å². The second-order valence-corrected chi connectivity index (χ2v) is 5.73. The lowest BCUT2D eigenvalue weighted by molar-refractivity contribution is 0.476. The molecule has 1 rings (SSSR count). The Labute approximate surface area is 104 Å². The molecule has 0 N–H and O–H groups in total. The maximum absolute atomic E-state index is 12.8. The Bertz CT molecular complexity index is 554. The van der Waals surface area contributed by atoms with Crippen molar-refractivity contribution >= 4 is 21.6 Å². The van der Waals surface area contributed by atoms with Gasteiger partial charge in [-0.2, -0.15) is 9.57 Å². The third-order valence-corrected chi connectivity index (χ3v) is 4.46. The van der Waals surface area contributed by atoms with Gasteiger partial charge in [-0.1, -0.05) is 11.6 Å². The van der Waals surface area contributed by atoms with E-state index in [2.05, 4.69) is 0 Å². The fourth-order valence-electron chi connectivity index (χ4n) is 1.18. The van der Waals surface area contributed by atoms with Crippen LogP contribution in [0.3, 0.4) is 0 Å². The van der Waals surface area contributed by atoms with Crippen LogP contribution in [0, 0.1) is 17.1 Å². The maximum Gasteiger partial charge on any atom is 0.244 e. The van der Waals surface area contributed by atoms with Crippen molar-refractivity contribution in [3.8, 4) is 6.07 Å². The number of sulfonamides is 1. The van der Waals surface area contributed by atoms with Crippen molar-refractivity contribution in [3.63, 3.8) is 0 Å². The minimum Gasteiger partial charge on any atom is -0.207 e. The molecule has 0 aliphatic carbocycles. The van der Waals surface area contributed by atoms with Crippen molar-refractivity contribution in [2.45, 2.75) is 11.3 Å². The first-order chi connectivity index (χ1) is 7.89. The summed E-state index contributed by atoms with van der Waals surface area (Å²) < 4.78 is 37.8. The van der Waals surface area contributed by atoms with Gasteiger partial charge in [0.05, 0.1) is 11.1 Å². The van der Waals surface area contributed by atoms with Crippen molar-refractivity contribution in [2.75, 3.05) is 13.6 Å².